The number of amides is 1. The minimum absolute atomic E-state index is 0.115. The number of hydrogen-bond donors (Lipinski definition) is 0. The van der Waals surface area contributed by atoms with Crippen LogP contribution in [0.3, 0.4) is 0 Å². The van der Waals surface area contributed by atoms with Gasteiger partial charge in [0.25, 0.3) is 0 Å². The molecule has 1 aliphatic rings. The Morgan fingerprint density at radius 3 is 2.33 bits per heavy atom. The molecule has 0 radical (unpaired) electrons. The molecule has 0 saturated carbocycles. The van der Waals surface area contributed by atoms with Gasteiger partial charge < -0.3 is 9.47 Å². The topological polar surface area (TPSA) is 38.1 Å². The Hall–Kier alpha value is -2.62. The number of fused-ring (bicyclic) bond motifs is 1. The Morgan fingerprint density at radius 1 is 1.00 bits per heavy atom. The van der Waals surface area contributed by atoms with Crippen molar-refractivity contribution in [3.63, 3.8) is 0 Å². The second-order valence-electron chi connectivity index (χ2n) is 8.43. The van der Waals surface area contributed by atoms with Gasteiger partial charge in [-0.15, -0.1) is 0 Å². The van der Waals surface area contributed by atoms with E-state index in [1.54, 1.807) is 0 Å². The second kappa shape index (κ2) is 6.84. The molecule has 1 amide bonds. The van der Waals surface area contributed by atoms with Gasteiger partial charge in [-0.25, -0.2) is 4.98 Å². The summed E-state index contributed by atoms with van der Waals surface area (Å²) < 4.78 is 2.07. The Bertz CT molecular complexity index is 957. The zero-order valence-electron chi connectivity index (χ0n) is 16.4. The summed E-state index contributed by atoms with van der Waals surface area (Å²) in [6.45, 7) is 8.74. The first-order valence-corrected chi connectivity index (χ1v) is 9.77. The monoisotopic (exact) mass is 361 g/mol. The summed E-state index contributed by atoms with van der Waals surface area (Å²) in [7, 11) is 0. The third-order valence-corrected chi connectivity index (χ3v) is 5.42. The van der Waals surface area contributed by atoms with E-state index in [0.29, 0.717) is 6.54 Å². The number of carbonyl (C=O) groups excluding carboxylic acids is 1. The molecule has 4 rings (SSSR count). The van der Waals surface area contributed by atoms with Crippen molar-refractivity contribution in [2.45, 2.75) is 45.6 Å². The van der Waals surface area contributed by atoms with E-state index in [-0.39, 0.29) is 11.3 Å². The maximum Gasteiger partial charge on any atom is 0.242 e. The molecule has 1 aliphatic heterocycles. The standard InChI is InChI=1S/C23H27N3O/c1-23(2,3)18-12-10-17(11-13-18)22-24-19-8-4-5-9-20(19)26(22)16-21(27)25-14-6-7-15-25/h4-5,8-13H,6-7,14-16H2,1-3H3. The molecule has 0 N–H and O–H groups in total. The van der Waals surface area contributed by atoms with Crippen LogP contribution in [-0.2, 0) is 16.8 Å². The number of likely N-dealkylation sites (tertiary alicyclic amines) is 1. The van der Waals surface area contributed by atoms with Gasteiger partial charge in [-0.2, -0.15) is 0 Å². The van der Waals surface area contributed by atoms with Gasteiger partial charge in [0.1, 0.15) is 12.4 Å². The highest BCUT2D eigenvalue weighted by Gasteiger charge is 2.21. The van der Waals surface area contributed by atoms with Gasteiger partial charge in [0.15, 0.2) is 0 Å². The molecule has 2 aromatic carbocycles. The summed E-state index contributed by atoms with van der Waals surface area (Å²) in [5.74, 6) is 1.05. The van der Waals surface area contributed by atoms with Crippen LogP contribution in [0.15, 0.2) is 48.5 Å². The van der Waals surface area contributed by atoms with Crippen molar-refractivity contribution in [2.24, 2.45) is 0 Å². The zero-order chi connectivity index (χ0) is 19.0. The van der Waals surface area contributed by atoms with E-state index in [1.165, 1.54) is 5.56 Å². The van der Waals surface area contributed by atoms with E-state index in [2.05, 4.69) is 49.6 Å². The predicted octanol–water partition coefficient (Wildman–Crippen LogP) is 4.62. The van der Waals surface area contributed by atoms with Crippen LogP contribution in [0.2, 0.25) is 0 Å². The number of nitrogens with zero attached hydrogens (tertiary/aromatic N) is 3. The summed E-state index contributed by atoms with van der Waals surface area (Å²) in [5, 5.41) is 0. The summed E-state index contributed by atoms with van der Waals surface area (Å²) in [4.78, 5) is 19.6. The van der Waals surface area contributed by atoms with Crippen LogP contribution < -0.4 is 0 Å². The van der Waals surface area contributed by atoms with Crippen molar-refractivity contribution in [3.8, 4) is 11.4 Å². The molecule has 2 heterocycles. The molecule has 0 spiro atoms. The minimum atomic E-state index is 0.115. The summed E-state index contributed by atoms with van der Waals surface area (Å²) >= 11 is 0. The first kappa shape index (κ1) is 17.8. The fourth-order valence-corrected chi connectivity index (χ4v) is 3.78. The normalized spacial score (nSPS) is 14.9. The average molecular weight is 361 g/mol. The molecule has 4 nitrogen and oxygen atoms in total. The molecule has 140 valence electrons. The summed E-state index contributed by atoms with van der Waals surface area (Å²) in [6, 6.07) is 16.6. The highest BCUT2D eigenvalue weighted by molar-refractivity contribution is 5.84. The number of hydrogen-bond acceptors (Lipinski definition) is 2. The smallest absolute Gasteiger partial charge is 0.242 e. The molecule has 1 aromatic heterocycles. The Balaban J connectivity index is 1.74. The maximum absolute atomic E-state index is 12.8. The average Bonchev–Trinajstić information content (AvgIpc) is 3.30. The number of para-hydroxylation sites is 2. The van der Waals surface area contributed by atoms with Gasteiger partial charge in [0.05, 0.1) is 11.0 Å². The van der Waals surface area contributed by atoms with Crippen molar-refractivity contribution >= 4 is 16.9 Å². The van der Waals surface area contributed by atoms with Crippen LogP contribution >= 0.6 is 0 Å². The summed E-state index contributed by atoms with van der Waals surface area (Å²) in [6.07, 6.45) is 2.22. The largest absolute Gasteiger partial charge is 0.341 e. The van der Waals surface area contributed by atoms with Crippen molar-refractivity contribution in [1.29, 1.82) is 0 Å². The second-order valence-corrected chi connectivity index (χ2v) is 8.43. The van der Waals surface area contributed by atoms with Crippen LogP contribution in [0.4, 0.5) is 0 Å². The molecule has 0 bridgehead atoms. The van der Waals surface area contributed by atoms with Crippen LogP contribution in [0.1, 0.15) is 39.2 Å². The fraction of sp³-hybridized carbons (Fsp3) is 0.391. The van der Waals surface area contributed by atoms with E-state index >= 15 is 0 Å². The lowest BCUT2D eigenvalue weighted by molar-refractivity contribution is -0.130. The van der Waals surface area contributed by atoms with E-state index in [9.17, 15) is 4.79 Å². The first-order chi connectivity index (χ1) is 12.9. The summed E-state index contributed by atoms with van der Waals surface area (Å²) in [5.41, 5.74) is 4.40. The van der Waals surface area contributed by atoms with Gasteiger partial charge in [-0.05, 0) is 36.0 Å². The first-order valence-electron chi connectivity index (χ1n) is 9.77. The third kappa shape index (κ3) is 3.48. The van der Waals surface area contributed by atoms with Crippen molar-refractivity contribution < 1.29 is 4.79 Å². The molecule has 3 aromatic rings. The van der Waals surface area contributed by atoms with Crippen LogP contribution in [-0.4, -0.2) is 33.4 Å². The van der Waals surface area contributed by atoms with Crippen molar-refractivity contribution in [3.05, 3.63) is 54.1 Å². The van der Waals surface area contributed by atoms with E-state index in [4.69, 9.17) is 4.98 Å². The molecule has 27 heavy (non-hydrogen) atoms. The van der Waals surface area contributed by atoms with Crippen molar-refractivity contribution in [1.82, 2.24) is 14.5 Å². The Morgan fingerprint density at radius 2 is 1.67 bits per heavy atom. The van der Waals surface area contributed by atoms with Gasteiger partial charge in [-0.1, -0.05) is 57.2 Å². The van der Waals surface area contributed by atoms with E-state index < -0.39 is 0 Å². The number of imidazole rings is 1. The Labute approximate surface area is 160 Å². The lowest BCUT2D eigenvalue weighted by Gasteiger charge is -2.19. The third-order valence-electron chi connectivity index (χ3n) is 5.42. The van der Waals surface area contributed by atoms with Gasteiger partial charge in [-0.3, -0.25) is 4.79 Å². The predicted molar refractivity (Wildman–Crippen MR) is 110 cm³/mol. The molecule has 0 unspecified atom stereocenters. The highest BCUT2D eigenvalue weighted by atomic mass is 16.2. The molecular formula is C23H27N3O. The lowest BCUT2D eigenvalue weighted by Crippen LogP contribution is -2.31. The number of rotatable bonds is 3. The molecule has 1 fully saturated rings. The maximum atomic E-state index is 12.8. The SMILES string of the molecule is CC(C)(C)c1ccc(-c2nc3ccccc3n2CC(=O)N2CCCC2)cc1. The van der Waals surface area contributed by atoms with Gasteiger partial charge in [0.2, 0.25) is 5.91 Å². The fourth-order valence-electron chi connectivity index (χ4n) is 3.78. The van der Waals surface area contributed by atoms with Gasteiger partial charge >= 0.3 is 0 Å². The molecular weight excluding hydrogens is 334 g/mol. The molecule has 1 saturated heterocycles. The zero-order valence-corrected chi connectivity index (χ0v) is 16.4. The highest BCUT2D eigenvalue weighted by Crippen LogP contribution is 2.28. The number of carbonyl (C=O) groups is 1. The molecule has 4 heteroatoms. The van der Waals surface area contributed by atoms with Crippen LogP contribution in [0.5, 0.6) is 0 Å². The molecule has 0 atom stereocenters. The van der Waals surface area contributed by atoms with Crippen LogP contribution in [0.25, 0.3) is 22.4 Å². The minimum Gasteiger partial charge on any atom is -0.341 e. The number of benzene rings is 2. The number of aromatic nitrogens is 2. The Kier molecular flexibility index (Phi) is 4.50. The molecule has 0 aliphatic carbocycles. The van der Waals surface area contributed by atoms with E-state index in [1.807, 2.05) is 29.2 Å². The van der Waals surface area contributed by atoms with Gasteiger partial charge in [0, 0.05) is 18.7 Å². The van der Waals surface area contributed by atoms with E-state index in [0.717, 1.165) is 48.4 Å². The van der Waals surface area contributed by atoms with Crippen LogP contribution in [0, 0.1) is 0 Å². The van der Waals surface area contributed by atoms with Crippen molar-refractivity contribution in [2.75, 3.05) is 13.1 Å². The quantitative estimate of drug-likeness (QED) is 0.682. The lowest BCUT2D eigenvalue weighted by atomic mass is 9.87.